The molecule has 3 aromatic rings. The highest BCUT2D eigenvalue weighted by atomic mass is 16.5. The Labute approximate surface area is 164 Å². The minimum atomic E-state index is -0.576. The van der Waals surface area contributed by atoms with Crippen LogP contribution in [0, 0.1) is 5.41 Å². The SMILES string of the molecule is OC[C@@]1(Cc2ccccc2)CN(Cc2cc(-c3ccncc3)no2)CC[C@@H]1O. The smallest absolute Gasteiger partial charge is 0.151 e. The monoisotopic (exact) mass is 379 g/mol. The van der Waals surface area contributed by atoms with Crippen molar-refractivity contribution in [1.29, 1.82) is 0 Å². The third-order valence-electron chi connectivity index (χ3n) is 5.59. The number of nitrogens with zero attached hydrogens (tertiary/aromatic N) is 3. The van der Waals surface area contributed by atoms with Crippen molar-refractivity contribution in [2.75, 3.05) is 19.7 Å². The van der Waals surface area contributed by atoms with Gasteiger partial charge >= 0.3 is 0 Å². The largest absolute Gasteiger partial charge is 0.396 e. The summed E-state index contributed by atoms with van der Waals surface area (Å²) < 4.78 is 5.53. The van der Waals surface area contributed by atoms with Gasteiger partial charge in [-0.2, -0.15) is 0 Å². The van der Waals surface area contributed by atoms with Crippen molar-refractivity contribution in [2.24, 2.45) is 5.41 Å². The van der Waals surface area contributed by atoms with Gasteiger partial charge in [0, 0.05) is 42.5 Å². The Morgan fingerprint density at radius 3 is 2.68 bits per heavy atom. The maximum absolute atomic E-state index is 10.7. The normalized spacial score (nSPS) is 23.0. The van der Waals surface area contributed by atoms with E-state index in [0.717, 1.165) is 29.1 Å². The zero-order valence-corrected chi connectivity index (χ0v) is 15.7. The Hall–Kier alpha value is -2.54. The van der Waals surface area contributed by atoms with E-state index in [-0.39, 0.29) is 6.61 Å². The van der Waals surface area contributed by atoms with Crippen molar-refractivity contribution < 1.29 is 14.7 Å². The molecule has 2 atom stereocenters. The number of piperidine rings is 1. The highest BCUT2D eigenvalue weighted by Crippen LogP contribution is 2.34. The van der Waals surface area contributed by atoms with Crippen LogP contribution < -0.4 is 0 Å². The molecule has 1 fully saturated rings. The van der Waals surface area contributed by atoms with Gasteiger partial charge in [-0.05, 0) is 30.5 Å². The average molecular weight is 379 g/mol. The lowest BCUT2D eigenvalue weighted by molar-refractivity contribution is -0.0781. The van der Waals surface area contributed by atoms with Crippen molar-refractivity contribution in [2.45, 2.75) is 25.5 Å². The van der Waals surface area contributed by atoms with E-state index >= 15 is 0 Å². The predicted octanol–water partition coefficient (Wildman–Crippen LogP) is 2.52. The molecule has 146 valence electrons. The van der Waals surface area contributed by atoms with Crippen LogP contribution in [0.25, 0.3) is 11.3 Å². The number of aliphatic hydroxyl groups is 2. The zero-order valence-electron chi connectivity index (χ0n) is 15.7. The lowest BCUT2D eigenvalue weighted by Crippen LogP contribution is -2.54. The van der Waals surface area contributed by atoms with Crippen LogP contribution in [0.3, 0.4) is 0 Å². The number of rotatable bonds is 6. The Morgan fingerprint density at radius 2 is 1.93 bits per heavy atom. The molecule has 4 rings (SSSR count). The van der Waals surface area contributed by atoms with Crippen LogP contribution in [0.1, 0.15) is 17.7 Å². The summed E-state index contributed by atoms with van der Waals surface area (Å²) in [5, 5.41) is 25.0. The van der Waals surface area contributed by atoms with E-state index < -0.39 is 11.5 Å². The second-order valence-electron chi connectivity index (χ2n) is 7.61. The number of benzene rings is 1. The van der Waals surface area contributed by atoms with Gasteiger partial charge < -0.3 is 14.7 Å². The molecular formula is C22H25N3O3. The van der Waals surface area contributed by atoms with E-state index in [4.69, 9.17) is 4.52 Å². The van der Waals surface area contributed by atoms with Crippen molar-refractivity contribution in [1.82, 2.24) is 15.0 Å². The number of hydrogen-bond donors (Lipinski definition) is 2. The van der Waals surface area contributed by atoms with E-state index in [2.05, 4.69) is 15.0 Å². The number of aliphatic hydroxyl groups excluding tert-OH is 2. The molecule has 1 aliphatic rings. The van der Waals surface area contributed by atoms with Gasteiger partial charge in [0.25, 0.3) is 0 Å². The molecule has 3 heterocycles. The minimum absolute atomic E-state index is 0.0573. The molecule has 0 saturated carbocycles. The average Bonchev–Trinajstić information content (AvgIpc) is 3.20. The molecule has 6 heteroatoms. The summed E-state index contributed by atoms with van der Waals surface area (Å²) in [6.07, 6.45) is 4.19. The topological polar surface area (TPSA) is 82.6 Å². The second-order valence-corrected chi connectivity index (χ2v) is 7.61. The number of likely N-dealkylation sites (tertiary alicyclic amines) is 1. The lowest BCUT2D eigenvalue weighted by atomic mass is 9.73. The minimum Gasteiger partial charge on any atom is -0.396 e. The molecule has 0 bridgehead atoms. The van der Waals surface area contributed by atoms with Crippen LogP contribution in [0.2, 0.25) is 0 Å². The van der Waals surface area contributed by atoms with Crippen molar-refractivity contribution in [3.63, 3.8) is 0 Å². The fraction of sp³-hybridized carbons (Fsp3) is 0.364. The van der Waals surface area contributed by atoms with Gasteiger partial charge in [0.15, 0.2) is 5.76 Å². The van der Waals surface area contributed by atoms with E-state index in [1.165, 1.54) is 0 Å². The first-order valence-corrected chi connectivity index (χ1v) is 9.60. The molecule has 2 aromatic heterocycles. The Morgan fingerprint density at radius 1 is 1.14 bits per heavy atom. The summed E-state index contributed by atoms with van der Waals surface area (Å²) in [5.41, 5.74) is 2.30. The summed E-state index contributed by atoms with van der Waals surface area (Å²) in [5.74, 6) is 0.773. The van der Waals surface area contributed by atoms with Crippen LogP contribution in [0.5, 0.6) is 0 Å². The quantitative estimate of drug-likeness (QED) is 0.685. The summed E-state index contributed by atoms with van der Waals surface area (Å²) in [6, 6.07) is 15.8. The first-order valence-electron chi connectivity index (χ1n) is 9.60. The van der Waals surface area contributed by atoms with Crippen molar-refractivity contribution in [3.05, 3.63) is 72.2 Å². The van der Waals surface area contributed by atoms with Crippen LogP contribution in [0.4, 0.5) is 0 Å². The summed E-state index contributed by atoms with van der Waals surface area (Å²) in [7, 11) is 0. The Balaban J connectivity index is 1.48. The van der Waals surface area contributed by atoms with Gasteiger partial charge in [0.05, 0.1) is 19.3 Å². The maximum Gasteiger partial charge on any atom is 0.151 e. The van der Waals surface area contributed by atoms with Crippen LogP contribution >= 0.6 is 0 Å². The maximum atomic E-state index is 10.7. The van der Waals surface area contributed by atoms with Gasteiger partial charge in [0.2, 0.25) is 0 Å². The first-order chi connectivity index (χ1) is 13.7. The number of hydrogen-bond acceptors (Lipinski definition) is 6. The molecule has 28 heavy (non-hydrogen) atoms. The molecule has 6 nitrogen and oxygen atoms in total. The van der Waals surface area contributed by atoms with Crippen LogP contribution in [-0.2, 0) is 13.0 Å². The van der Waals surface area contributed by atoms with Gasteiger partial charge in [-0.15, -0.1) is 0 Å². The molecule has 1 aliphatic heterocycles. The number of pyridine rings is 1. The van der Waals surface area contributed by atoms with E-state index in [1.807, 2.05) is 48.5 Å². The van der Waals surface area contributed by atoms with E-state index in [0.29, 0.717) is 25.9 Å². The summed E-state index contributed by atoms with van der Waals surface area (Å²) in [4.78, 5) is 6.25. The molecule has 0 amide bonds. The van der Waals surface area contributed by atoms with Gasteiger partial charge in [0.1, 0.15) is 5.69 Å². The summed E-state index contributed by atoms with van der Waals surface area (Å²) >= 11 is 0. The zero-order chi connectivity index (χ0) is 19.4. The first kappa shape index (κ1) is 18.8. The second kappa shape index (κ2) is 8.22. The van der Waals surface area contributed by atoms with Gasteiger partial charge in [-0.3, -0.25) is 9.88 Å². The lowest BCUT2D eigenvalue weighted by Gasteiger charge is -2.45. The highest BCUT2D eigenvalue weighted by molar-refractivity contribution is 5.57. The third kappa shape index (κ3) is 3.99. The molecule has 0 radical (unpaired) electrons. The van der Waals surface area contributed by atoms with Gasteiger partial charge in [-0.25, -0.2) is 0 Å². The standard InChI is InChI=1S/C22H25N3O3/c26-16-22(13-17-4-2-1-3-5-17)15-25(11-8-21(22)27)14-19-12-20(24-28-19)18-6-9-23-10-7-18/h1-7,9-10,12,21,26-27H,8,11,13-16H2/t21-,22+/m0/s1. The van der Waals surface area contributed by atoms with Crippen molar-refractivity contribution in [3.8, 4) is 11.3 Å². The number of aromatic nitrogens is 2. The third-order valence-corrected chi connectivity index (χ3v) is 5.59. The van der Waals surface area contributed by atoms with Crippen LogP contribution in [-0.4, -0.2) is 51.1 Å². The molecule has 1 aromatic carbocycles. The highest BCUT2D eigenvalue weighted by Gasteiger charge is 2.42. The van der Waals surface area contributed by atoms with Gasteiger partial charge in [-0.1, -0.05) is 35.5 Å². The molecule has 0 spiro atoms. The molecule has 0 unspecified atom stereocenters. The van der Waals surface area contributed by atoms with Crippen molar-refractivity contribution >= 4 is 0 Å². The van der Waals surface area contributed by atoms with Crippen LogP contribution in [0.15, 0.2) is 65.4 Å². The van der Waals surface area contributed by atoms with E-state index in [1.54, 1.807) is 12.4 Å². The molecule has 1 saturated heterocycles. The summed E-state index contributed by atoms with van der Waals surface area (Å²) in [6.45, 7) is 1.90. The fourth-order valence-electron chi connectivity index (χ4n) is 4.03. The Bertz CT molecular complexity index is 884. The fourth-order valence-corrected chi connectivity index (χ4v) is 4.03. The molecular weight excluding hydrogens is 354 g/mol. The Kier molecular flexibility index (Phi) is 5.52. The van der Waals surface area contributed by atoms with E-state index in [9.17, 15) is 10.2 Å². The molecule has 2 N–H and O–H groups in total. The predicted molar refractivity (Wildman–Crippen MR) is 105 cm³/mol. The molecule has 0 aliphatic carbocycles.